The van der Waals surface area contributed by atoms with Gasteiger partial charge in [0.2, 0.25) is 5.91 Å². The summed E-state index contributed by atoms with van der Waals surface area (Å²) < 4.78 is 6.12. The summed E-state index contributed by atoms with van der Waals surface area (Å²) in [5.41, 5.74) is 0.901. The van der Waals surface area contributed by atoms with Gasteiger partial charge in [0.25, 0.3) is 5.03 Å². The number of amides is 1. The first-order valence-electron chi connectivity index (χ1n) is 7.52. The van der Waals surface area contributed by atoms with Crippen molar-refractivity contribution < 1.29 is 14.3 Å². The number of ether oxygens (including phenoxy) is 1. The van der Waals surface area contributed by atoms with Gasteiger partial charge in [-0.25, -0.2) is 0 Å². The van der Waals surface area contributed by atoms with Crippen LogP contribution in [0.2, 0.25) is 0 Å². The van der Waals surface area contributed by atoms with Crippen LogP contribution in [-0.2, 0) is 9.53 Å². The molecular formula is C17H18N2O3S. The fraction of sp³-hybridized carbons (Fsp3) is 0.294. The van der Waals surface area contributed by atoms with Crippen molar-refractivity contribution in [1.29, 1.82) is 0 Å². The lowest BCUT2D eigenvalue weighted by Crippen LogP contribution is -2.42. The third kappa shape index (κ3) is 3.83. The first kappa shape index (κ1) is 15.8. The number of rotatable bonds is 4. The monoisotopic (exact) mass is 330 g/mol. The van der Waals surface area contributed by atoms with E-state index < -0.39 is 5.25 Å². The van der Waals surface area contributed by atoms with Gasteiger partial charge in [0, 0.05) is 25.2 Å². The average Bonchev–Trinajstić information content (AvgIpc) is 2.62. The van der Waals surface area contributed by atoms with E-state index in [1.54, 1.807) is 18.2 Å². The van der Waals surface area contributed by atoms with E-state index in [0.29, 0.717) is 31.3 Å². The smallest absolute Gasteiger partial charge is 0.252 e. The molecule has 0 N–H and O–H groups in total. The van der Waals surface area contributed by atoms with Crippen molar-refractivity contribution in [2.24, 2.45) is 0 Å². The fourth-order valence-electron chi connectivity index (χ4n) is 2.46. The van der Waals surface area contributed by atoms with Crippen LogP contribution < -0.4 is 4.73 Å². The van der Waals surface area contributed by atoms with Crippen LogP contribution in [0.3, 0.4) is 0 Å². The Kier molecular flexibility index (Phi) is 5.15. The standard InChI is InChI=1S/C17H18N2O3S/c20-17(18-10-12-22-13-11-18)16(14-6-2-1-3-7-14)23-15-8-4-5-9-19(15)21/h1-9,16H,10-13H2. The number of nitrogens with zero attached hydrogens (tertiary/aromatic N) is 2. The maximum atomic E-state index is 13.0. The zero-order valence-electron chi connectivity index (χ0n) is 12.6. The van der Waals surface area contributed by atoms with Crippen molar-refractivity contribution in [3.8, 4) is 0 Å². The average molecular weight is 330 g/mol. The van der Waals surface area contributed by atoms with Gasteiger partial charge in [-0.15, -0.1) is 0 Å². The Labute approximate surface area is 139 Å². The van der Waals surface area contributed by atoms with E-state index in [1.807, 2.05) is 35.2 Å². The largest absolute Gasteiger partial charge is 0.618 e. The molecule has 0 aliphatic carbocycles. The second-order valence-electron chi connectivity index (χ2n) is 5.21. The number of pyridine rings is 1. The Morgan fingerprint density at radius 3 is 2.52 bits per heavy atom. The summed E-state index contributed by atoms with van der Waals surface area (Å²) in [6.07, 6.45) is 1.45. The van der Waals surface area contributed by atoms with Gasteiger partial charge in [0.1, 0.15) is 5.25 Å². The summed E-state index contributed by atoms with van der Waals surface area (Å²) in [6.45, 7) is 2.30. The number of hydrogen-bond donors (Lipinski definition) is 0. The second-order valence-corrected chi connectivity index (χ2v) is 6.34. The summed E-state index contributed by atoms with van der Waals surface area (Å²) >= 11 is 1.29. The Hall–Kier alpha value is -2.05. The van der Waals surface area contributed by atoms with E-state index in [1.165, 1.54) is 18.0 Å². The number of carbonyl (C=O) groups is 1. The Morgan fingerprint density at radius 1 is 1.13 bits per heavy atom. The minimum absolute atomic E-state index is 0.0216. The number of carbonyl (C=O) groups excluding carboxylic acids is 1. The highest BCUT2D eigenvalue weighted by atomic mass is 32.2. The molecule has 1 aromatic carbocycles. The van der Waals surface area contributed by atoms with Gasteiger partial charge in [0.05, 0.1) is 13.2 Å². The number of morpholine rings is 1. The van der Waals surface area contributed by atoms with Gasteiger partial charge in [-0.1, -0.05) is 30.3 Å². The molecule has 2 heterocycles. The number of thioether (sulfide) groups is 1. The predicted molar refractivity (Wildman–Crippen MR) is 87.8 cm³/mol. The molecule has 0 saturated carbocycles. The maximum Gasteiger partial charge on any atom is 0.252 e. The molecule has 1 aromatic heterocycles. The summed E-state index contributed by atoms with van der Waals surface area (Å²) in [4.78, 5) is 14.8. The lowest BCUT2D eigenvalue weighted by atomic mass is 10.1. The molecular weight excluding hydrogens is 312 g/mol. The normalized spacial score (nSPS) is 16.1. The molecule has 3 rings (SSSR count). The number of hydrogen-bond acceptors (Lipinski definition) is 4. The molecule has 0 radical (unpaired) electrons. The molecule has 23 heavy (non-hydrogen) atoms. The van der Waals surface area contributed by atoms with Crippen LogP contribution in [0.25, 0.3) is 0 Å². The molecule has 1 aliphatic rings. The Morgan fingerprint density at radius 2 is 1.83 bits per heavy atom. The summed E-state index contributed by atoms with van der Waals surface area (Å²) in [6, 6.07) is 14.8. The second kappa shape index (κ2) is 7.48. The lowest BCUT2D eigenvalue weighted by Gasteiger charge is -2.30. The van der Waals surface area contributed by atoms with Crippen molar-refractivity contribution in [3.63, 3.8) is 0 Å². The van der Waals surface area contributed by atoms with Crippen molar-refractivity contribution in [3.05, 3.63) is 65.5 Å². The molecule has 5 nitrogen and oxygen atoms in total. The molecule has 1 unspecified atom stereocenters. The molecule has 0 spiro atoms. The van der Waals surface area contributed by atoms with Gasteiger partial charge < -0.3 is 14.8 Å². The molecule has 2 aromatic rings. The van der Waals surface area contributed by atoms with Crippen LogP contribution in [0.15, 0.2) is 59.8 Å². The fourth-order valence-corrected chi connectivity index (χ4v) is 3.57. The number of benzene rings is 1. The molecule has 120 valence electrons. The van der Waals surface area contributed by atoms with Crippen molar-refractivity contribution in [2.45, 2.75) is 10.3 Å². The van der Waals surface area contributed by atoms with E-state index in [0.717, 1.165) is 10.3 Å². The summed E-state index contributed by atoms with van der Waals surface area (Å²) in [5, 5.41) is 12.0. The molecule has 1 aliphatic heterocycles. The zero-order chi connectivity index (χ0) is 16.1. The van der Waals surface area contributed by atoms with E-state index >= 15 is 0 Å². The first-order chi connectivity index (χ1) is 11.3. The molecule has 1 fully saturated rings. The quantitative estimate of drug-likeness (QED) is 0.489. The third-order valence-corrected chi connectivity index (χ3v) is 4.94. The van der Waals surface area contributed by atoms with E-state index in [9.17, 15) is 10.0 Å². The maximum absolute atomic E-state index is 13.0. The zero-order valence-corrected chi connectivity index (χ0v) is 13.4. The van der Waals surface area contributed by atoms with Gasteiger partial charge >= 0.3 is 0 Å². The van der Waals surface area contributed by atoms with Crippen molar-refractivity contribution >= 4 is 17.7 Å². The predicted octanol–water partition coefficient (Wildman–Crippen LogP) is 2.01. The molecule has 1 saturated heterocycles. The highest BCUT2D eigenvalue weighted by Crippen LogP contribution is 2.35. The summed E-state index contributed by atoms with van der Waals surface area (Å²) in [5.74, 6) is 0.0216. The van der Waals surface area contributed by atoms with Crippen LogP contribution in [0.4, 0.5) is 0 Å². The van der Waals surface area contributed by atoms with Gasteiger partial charge in [0.15, 0.2) is 6.20 Å². The van der Waals surface area contributed by atoms with Crippen LogP contribution in [0.1, 0.15) is 10.8 Å². The van der Waals surface area contributed by atoms with E-state index in [-0.39, 0.29) is 5.91 Å². The number of aromatic nitrogens is 1. The SMILES string of the molecule is O=C(C(Sc1cccc[n+]1[O-])c1ccccc1)N1CCOCC1. The van der Waals surface area contributed by atoms with Crippen LogP contribution in [-0.4, -0.2) is 37.1 Å². The molecule has 1 amide bonds. The van der Waals surface area contributed by atoms with Crippen molar-refractivity contribution in [1.82, 2.24) is 4.90 Å². The third-order valence-electron chi connectivity index (χ3n) is 3.68. The van der Waals surface area contributed by atoms with Crippen LogP contribution in [0, 0.1) is 5.21 Å². The van der Waals surface area contributed by atoms with Crippen molar-refractivity contribution in [2.75, 3.05) is 26.3 Å². The lowest BCUT2D eigenvalue weighted by molar-refractivity contribution is -0.645. The van der Waals surface area contributed by atoms with E-state index in [4.69, 9.17) is 4.74 Å². The minimum Gasteiger partial charge on any atom is -0.618 e. The van der Waals surface area contributed by atoms with Gasteiger partial charge in [-0.3, -0.25) is 4.79 Å². The van der Waals surface area contributed by atoms with Gasteiger partial charge in [-0.2, -0.15) is 4.73 Å². The van der Waals surface area contributed by atoms with Crippen LogP contribution >= 0.6 is 11.8 Å². The topological polar surface area (TPSA) is 56.5 Å². The Bertz CT molecular complexity index is 660. The minimum atomic E-state index is -0.433. The molecule has 6 heteroatoms. The highest BCUT2D eigenvalue weighted by Gasteiger charge is 2.30. The molecule has 1 atom stereocenters. The first-order valence-corrected chi connectivity index (χ1v) is 8.40. The van der Waals surface area contributed by atoms with Gasteiger partial charge in [-0.05, 0) is 23.4 Å². The molecule has 0 bridgehead atoms. The summed E-state index contributed by atoms with van der Waals surface area (Å²) in [7, 11) is 0. The highest BCUT2D eigenvalue weighted by molar-refractivity contribution is 8.00. The van der Waals surface area contributed by atoms with Crippen LogP contribution in [0.5, 0.6) is 0 Å². The van der Waals surface area contributed by atoms with E-state index in [2.05, 4.69) is 0 Å². The Balaban J connectivity index is 1.87.